The monoisotopic (exact) mass is 524 g/mol. The van der Waals surface area contributed by atoms with Gasteiger partial charge in [-0.15, -0.1) is 0 Å². The smallest absolute Gasteiger partial charge is 2.00 e. The van der Waals surface area contributed by atoms with Crippen molar-refractivity contribution in [3.63, 3.8) is 0 Å². The molecule has 0 spiro atoms. The molecule has 0 bridgehead atoms. The quantitative estimate of drug-likeness (QED) is 0.309. The molecule has 0 heterocycles. The second-order valence-electron chi connectivity index (χ2n) is 0.565. The molecule has 0 aromatic heterocycles. The number of hydrogen-bond acceptors (Lipinski definition) is 2. The van der Waals surface area contributed by atoms with Crippen LogP contribution in [0.25, 0.3) is 0 Å². The van der Waals surface area contributed by atoms with Gasteiger partial charge in [0.1, 0.15) is 0 Å². The number of carbonyl (C=O) groups is 2. The van der Waals surface area contributed by atoms with Crippen LogP contribution in [0.15, 0.2) is 0 Å². The van der Waals surface area contributed by atoms with Crippen molar-refractivity contribution >= 4 is 12.3 Å². The zero-order valence-electron chi connectivity index (χ0n) is 9.18. The van der Waals surface area contributed by atoms with Crippen LogP contribution in [0.3, 0.4) is 0 Å². The Balaban J connectivity index is -0.00000000257. The molecule has 0 radical (unpaired) electrons. The average molecular weight is 531 g/mol. The largest absolute Gasteiger partial charge is 2.00 e. The molecule has 0 saturated heterocycles. The maximum Gasteiger partial charge on any atom is 2.00 e. The van der Waals surface area contributed by atoms with E-state index in [1.54, 1.807) is 0 Å². The third-order valence-corrected chi connectivity index (χ3v) is 0. The molecule has 0 aliphatic heterocycles. The molecule has 0 rings (SSSR count). The molecule has 0 fully saturated rings. The summed E-state index contributed by atoms with van der Waals surface area (Å²) in [5.74, 6) is 0. The standard InChI is InChI=1S/2CH2O3.5O.5Zn/c2*2-1(3)4;;;;;;;;;;/h2*(H2,2,3,4);;;;;;;;;;/q;;5*-2;5*+2. The Morgan fingerprint density at radius 3 is 0.444 bits per heavy atom. The Labute approximate surface area is 165 Å². The van der Waals surface area contributed by atoms with Crippen LogP contribution in [0.2, 0.25) is 0 Å². The van der Waals surface area contributed by atoms with Gasteiger partial charge in [0.2, 0.25) is 0 Å². The van der Waals surface area contributed by atoms with E-state index in [9.17, 15) is 0 Å². The molecule has 11 nitrogen and oxygen atoms in total. The fourth-order valence-corrected chi connectivity index (χ4v) is 0. The molecule has 0 atom stereocenters. The minimum Gasteiger partial charge on any atom is -2.00 e. The van der Waals surface area contributed by atoms with Gasteiger partial charge < -0.3 is 47.8 Å². The summed E-state index contributed by atoms with van der Waals surface area (Å²) in [6.07, 6.45) is -3.67. The van der Waals surface area contributed by atoms with Crippen molar-refractivity contribution in [2.45, 2.75) is 0 Å². The fourth-order valence-electron chi connectivity index (χ4n) is 0. The normalized spacial score (nSPS) is 2.67. The summed E-state index contributed by atoms with van der Waals surface area (Å²) in [6.45, 7) is 0. The van der Waals surface area contributed by atoms with Crippen molar-refractivity contribution in [2.75, 3.05) is 0 Å². The van der Waals surface area contributed by atoms with Gasteiger partial charge in [0.15, 0.2) is 0 Å². The summed E-state index contributed by atoms with van der Waals surface area (Å²) >= 11 is 0. The van der Waals surface area contributed by atoms with Gasteiger partial charge in [-0.05, 0) is 0 Å². The molecule has 4 N–H and O–H groups in total. The summed E-state index contributed by atoms with van der Waals surface area (Å²) < 4.78 is 0. The van der Waals surface area contributed by atoms with Crippen molar-refractivity contribution in [3.05, 3.63) is 0 Å². The number of carboxylic acid groups (broad SMARTS) is 4. The van der Waals surface area contributed by atoms with E-state index in [0.29, 0.717) is 0 Å². The van der Waals surface area contributed by atoms with Crippen molar-refractivity contribution in [1.29, 1.82) is 0 Å². The summed E-state index contributed by atoms with van der Waals surface area (Å²) in [6, 6.07) is 0. The van der Waals surface area contributed by atoms with Crippen LogP contribution in [-0.4, -0.2) is 32.7 Å². The molecule has 0 aliphatic rings. The molecule has 0 aromatic carbocycles. The zero-order chi connectivity index (χ0) is 7.15. The zero-order valence-corrected chi connectivity index (χ0v) is 24.0. The van der Waals surface area contributed by atoms with Crippen molar-refractivity contribution < 1.29 is 155 Å². The third-order valence-electron chi connectivity index (χ3n) is 0. The summed E-state index contributed by atoms with van der Waals surface area (Å²) in [7, 11) is 0. The van der Waals surface area contributed by atoms with Crippen LogP contribution in [0.4, 0.5) is 9.59 Å². The molecular weight excluding hydrogens is 527 g/mol. The fraction of sp³-hybridized carbons (Fsp3) is 0. The minimum absolute atomic E-state index is 0. The van der Waals surface area contributed by atoms with Gasteiger partial charge in [-0.2, -0.15) is 0 Å². The van der Waals surface area contributed by atoms with E-state index in [-0.39, 0.29) is 125 Å². The summed E-state index contributed by atoms with van der Waals surface area (Å²) in [5, 5.41) is 27.9. The van der Waals surface area contributed by atoms with Crippen LogP contribution < -0.4 is 0 Å². The topological polar surface area (TPSA) is 258 Å². The molecule has 0 aliphatic carbocycles. The molecule has 0 saturated carbocycles. The number of rotatable bonds is 0. The van der Waals surface area contributed by atoms with Gasteiger partial charge in [0, 0.05) is 0 Å². The van der Waals surface area contributed by atoms with Gasteiger partial charge in [0.05, 0.1) is 0 Å². The SMILES string of the molecule is O=C(O)O.O=C(O)O.[O-2].[O-2].[O-2].[O-2].[O-2].[Zn+2].[Zn+2].[Zn+2].[Zn+2].[Zn+2]. The van der Waals surface area contributed by atoms with Gasteiger partial charge in [-0.1, -0.05) is 0 Å². The van der Waals surface area contributed by atoms with E-state index in [4.69, 9.17) is 30.0 Å². The van der Waals surface area contributed by atoms with Gasteiger partial charge in [-0.3, -0.25) is 0 Å². The maximum absolute atomic E-state index is 8.56. The molecule has 0 amide bonds. The second kappa shape index (κ2) is 101. The average Bonchev–Trinajstić information content (AvgIpc) is 1.25. The Bertz CT molecular complexity index is 81.4. The van der Waals surface area contributed by atoms with Crippen LogP contribution in [-0.2, 0) is 125 Å². The van der Waals surface area contributed by atoms with Crippen LogP contribution >= 0.6 is 0 Å². The van der Waals surface area contributed by atoms with Gasteiger partial charge >= 0.3 is 110 Å². The number of hydrogen-bond donors (Lipinski definition) is 4. The maximum atomic E-state index is 8.56. The first-order valence-corrected chi connectivity index (χ1v) is 1.30. The Kier molecular flexibility index (Phi) is 670. The molecule has 0 unspecified atom stereocenters. The predicted molar refractivity (Wildman–Crippen MR) is 24.7 cm³/mol. The first-order valence-electron chi connectivity index (χ1n) is 1.30. The Morgan fingerprint density at radius 1 is 0.444 bits per heavy atom. The van der Waals surface area contributed by atoms with Crippen molar-refractivity contribution in [1.82, 2.24) is 0 Å². The van der Waals surface area contributed by atoms with Crippen LogP contribution in [0.5, 0.6) is 0 Å². The molecule has 16 heteroatoms. The van der Waals surface area contributed by atoms with Crippen LogP contribution in [0.1, 0.15) is 0 Å². The van der Waals surface area contributed by atoms with E-state index < -0.39 is 12.3 Å². The first-order chi connectivity index (χ1) is 3.46. The van der Waals surface area contributed by atoms with Crippen molar-refractivity contribution in [3.8, 4) is 0 Å². The van der Waals surface area contributed by atoms with Crippen molar-refractivity contribution in [2.24, 2.45) is 0 Å². The third kappa shape index (κ3) is 2230. The van der Waals surface area contributed by atoms with E-state index in [1.807, 2.05) is 0 Å². The van der Waals surface area contributed by atoms with E-state index in [1.165, 1.54) is 0 Å². The van der Waals surface area contributed by atoms with Gasteiger partial charge in [0.25, 0.3) is 0 Å². The van der Waals surface area contributed by atoms with E-state index in [0.717, 1.165) is 0 Å². The summed E-state index contributed by atoms with van der Waals surface area (Å²) in [5.41, 5.74) is 0. The molecular formula is C2H4O11Zn5. The minimum atomic E-state index is -1.83. The second-order valence-corrected chi connectivity index (χ2v) is 0.565. The molecule has 0 aromatic rings. The van der Waals surface area contributed by atoms with Crippen LogP contribution in [0, 0.1) is 0 Å². The molecule has 18 heavy (non-hydrogen) atoms. The Morgan fingerprint density at radius 2 is 0.444 bits per heavy atom. The van der Waals surface area contributed by atoms with E-state index >= 15 is 0 Å². The first kappa shape index (κ1) is 119. The molecule has 88 valence electrons. The predicted octanol–water partition coefficient (Wildman–Crippen LogP) is -0.162. The van der Waals surface area contributed by atoms with Gasteiger partial charge in [-0.25, -0.2) is 9.59 Å². The summed E-state index contributed by atoms with van der Waals surface area (Å²) in [4.78, 5) is 17.1. The Hall–Kier alpha value is 1.46. The van der Waals surface area contributed by atoms with E-state index in [2.05, 4.69) is 0 Å².